The second-order valence-corrected chi connectivity index (χ2v) is 16.4. The third-order valence-corrected chi connectivity index (χ3v) is 13.0. The number of pyridine rings is 4. The molecular formula is C56H34N4S. The maximum Gasteiger partial charge on any atom is 0.0900 e. The molecule has 0 bridgehead atoms. The number of aromatic nitrogens is 4. The molecule has 4 nitrogen and oxygen atoms in total. The van der Waals surface area contributed by atoms with Crippen LogP contribution >= 0.6 is 11.3 Å². The molecule has 12 aromatic rings. The SMILES string of the molecule is c1ccc(-c2nc3ccccc3c3c(-c4ccc5c6ccccc6c6ccccc6c5c4)c(-c4ccc(-c5cc(-c6ccccn6)nc(-c6ccccn6)c5)cc4)sc23)cc1. The van der Waals surface area contributed by atoms with Gasteiger partial charge in [-0.25, -0.2) is 9.97 Å². The molecule has 0 aliphatic carbocycles. The summed E-state index contributed by atoms with van der Waals surface area (Å²) in [5.41, 5.74) is 12.0. The molecule has 5 heteroatoms. The van der Waals surface area contributed by atoms with Crippen LogP contribution in [0.2, 0.25) is 0 Å². The largest absolute Gasteiger partial charge is 0.255 e. The summed E-state index contributed by atoms with van der Waals surface area (Å²) in [6.45, 7) is 0. The predicted octanol–water partition coefficient (Wildman–Crippen LogP) is 15.1. The Kier molecular flexibility index (Phi) is 8.32. The van der Waals surface area contributed by atoms with E-state index in [1.54, 1.807) is 0 Å². The van der Waals surface area contributed by atoms with Crippen LogP contribution in [-0.4, -0.2) is 19.9 Å². The lowest BCUT2D eigenvalue weighted by molar-refractivity contribution is 1.22. The van der Waals surface area contributed by atoms with Crippen molar-refractivity contribution < 1.29 is 0 Å². The predicted molar refractivity (Wildman–Crippen MR) is 256 cm³/mol. The molecule has 0 radical (unpaired) electrons. The van der Waals surface area contributed by atoms with Crippen molar-refractivity contribution in [2.75, 3.05) is 0 Å². The zero-order chi connectivity index (χ0) is 40.3. The molecule has 0 unspecified atom stereocenters. The highest BCUT2D eigenvalue weighted by molar-refractivity contribution is 7.23. The van der Waals surface area contributed by atoms with Gasteiger partial charge < -0.3 is 0 Å². The smallest absolute Gasteiger partial charge is 0.0900 e. The van der Waals surface area contributed by atoms with E-state index in [2.05, 4.69) is 168 Å². The Balaban J connectivity index is 1.10. The van der Waals surface area contributed by atoms with Crippen LogP contribution in [-0.2, 0) is 0 Å². The van der Waals surface area contributed by atoms with Gasteiger partial charge in [-0.1, -0.05) is 146 Å². The number of fused-ring (bicyclic) bond motifs is 9. The molecule has 0 atom stereocenters. The maximum absolute atomic E-state index is 5.35. The van der Waals surface area contributed by atoms with Gasteiger partial charge in [0, 0.05) is 39.2 Å². The van der Waals surface area contributed by atoms with E-state index >= 15 is 0 Å². The zero-order valence-electron chi connectivity index (χ0n) is 32.8. The van der Waals surface area contributed by atoms with E-state index in [4.69, 9.17) is 9.97 Å². The van der Waals surface area contributed by atoms with Crippen molar-refractivity contribution in [1.29, 1.82) is 0 Å². The van der Waals surface area contributed by atoms with Gasteiger partial charge in [0.25, 0.3) is 0 Å². The van der Waals surface area contributed by atoms with Gasteiger partial charge >= 0.3 is 0 Å². The fourth-order valence-corrected chi connectivity index (χ4v) is 10.3. The Hall–Kier alpha value is -7.86. The van der Waals surface area contributed by atoms with Crippen LogP contribution < -0.4 is 0 Å². The summed E-state index contributed by atoms with van der Waals surface area (Å²) in [5.74, 6) is 0. The van der Waals surface area contributed by atoms with Gasteiger partial charge in [0.15, 0.2) is 0 Å². The minimum Gasteiger partial charge on any atom is -0.255 e. The summed E-state index contributed by atoms with van der Waals surface area (Å²) < 4.78 is 1.18. The summed E-state index contributed by atoms with van der Waals surface area (Å²) in [6, 6.07) is 69.0. The zero-order valence-corrected chi connectivity index (χ0v) is 33.6. The Morgan fingerprint density at radius 1 is 0.328 bits per heavy atom. The van der Waals surface area contributed by atoms with Gasteiger partial charge in [0.05, 0.1) is 38.7 Å². The van der Waals surface area contributed by atoms with Gasteiger partial charge in [-0.3, -0.25) is 9.97 Å². The topological polar surface area (TPSA) is 51.6 Å². The quantitative estimate of drug-likeness (QED) is 0.157. The average molecular weight is 795 g/mol. The van der Waals surface area contributed by atoms with E-state index in [0.29, 0.717) is 0 Å². The second-order valence-electron chi connectivity index (χ2n) is 15.3. The highest BCUT2D eigenvalue weighted by Gasteiger charge is 2.23. The molecule has 0 fully saturated rings. The first-order valence-corrected chi connectivity index (χ1v) is 21.3. The van der Waals surface area contributed by atoms with Crippen LogP contribution in [0.15, 0.2) is 207 Å². The number of nitrogens with zero attached hydrogens (tertiary/aromatic N) is 4. The van der Waals surface area contributed by atoms with Crippen LogP contribution in [0.1, 0.15) is 0 Å². The Morgan fingerprint density at radius 2 is 0.852 bits per heavy atom. The molecule has 0 aliphatic rings. The first kappa shape index (κ1) is 35.1. The standard InChI is InChI=1S/C56H34N4S/c1-2-14-36(15-3-1)54-56-53(45-20-8-9-21-47(45)60-54)52(38-28-29-44-42-18-5-4-16-40(42)41-17-6-7-19-43(41)46(44)32-38)55(61-56)37-26-24-35(25-27-37)39-33-50(48-22-10-12-30-57-48)59-51(34-39)49-23-11-13-31-58-49/h1-34H. The number of rotatable bonds is 6. The van der Waals surface area contributed by atoms with E-state index in [1.165, 1.54) is 58.4 Å². The third kappa shape index (κ3) is 5.97. The van der Waals surface area contributed by atoms with Crippen LogP contribution in [0.25, 0.3) is 120 Å². The van der Waals surface area contributed by atoms with Crippen molar-refractivity contribution in [3.63, 3.8) is 0 Å². The van der Waals surface area contributed by atoms with Crippen molar-refractivity contribution in [2.45, 2.75) is 0 Å². The van der Waals surface area contributed by atoms with Crippen molar-refractivity contribution in [1.82, 2.24) is 19.9 Å². The third-order valence-electron chi connectivity index (χ3n) is 11.8. The number of hydrogen-bond donors (Lipinski definition) is 0. The van der Waals surface area contributed by atoms with E-state index in [9.17, 15) is 0 Å². The Labute approximate surface area is 356 Å². The van der Waals surface area contributed by atoms with Gasteiger partial charge in [0.1, 0.15) is 0 Å². The summed E-state index contributed by atoms with van der Waals surface area (Å²) in [4.78, 5) is 20.9. The van der Waals surface area contributed by atoms with Crippen LogP contribution in [0.5, 0.6) is 0 Å². The van der Waals surface area contributed by atoms with Crippen LogP contribution in [0, 0.1) is 0 Å². The van der Waals surface area contributed by atoms with Crippen LogP contribution in [0.3, 0.4) is 0 Å². The number of para-hydroxylation sites is 1. The van der Waals surface area contributed by atoms with Crippen molar-refractivity contribution in [2.24, 2.45) is 0 Å². The first-order chi connectivity index (χ1) is 30.2. The minimum atomic E-state index is 0.805. The van der Waals surface area contributed by atoms with Crippen molar-refractivity contribution >= 4 is 64.6 Å². The molecule has 0 N–H and O–H groups in total. The van der Waals surface area contributed by atoms with Crippen molar-refractivity contribution in [3.05, 3.63) is 207 Å². The Bertz CT molecular complexity index is 3530. The normalized spacial score (nSPS) is 11.6. The van der Waals surface area contributed by atoms with Gasteiger partial charge in [-0.15, -0.1) is 11.3 Å². The molecule has 0 saturated heterocycles. The highest BCUT2D eigenvalue weighted by atomic mass is 32.1. The average Bonchev–Trinajstić information content (AvgIpc) is 3.76. The van der Waals surface area contributed by atoms with Gasteiger partial charge in [0.2, 0.25) is 0 Å². The van der Waals surface area contributed by atoms with E-state index < -0.39 is 0 Å². The highest BCUT2D eigenvalue weighted by Crippen LogP contribution is 2.51. The molecule has 0 aliphatic heterocycles. The summed E-state index contributed by atoms with van der Waals surface area (Å²) in [6.07, 6.45) is 3.62. The summed E-state index contributed by atoms with van der Waals surface area (Å²) in [7, 11) is 0. The summed E-state index contributed by atoms with van der Waals surface area (Å²) in [5, 5.41) is 9.95. The molecule has 0 amide bonds. The van der Waals surface area contributed by atoms with E-state index in [1.807, 2.05) is 60.1 Å². The summed E-state index contributed by atoms with van der Waals surface area (Å²) >= 11 is 1.83. The lowest BCUT2D eigenvalue weighted by Crippen LogP contribution is -1.94. The maximum atomic E-state index is 5.35. The fourth-order valence-electron chi connectivity index (χ4n) is 8.94. The molecule has 61 heavy (non-hydrogen) atoms. The molecule has 284 valence electrons. The van der Waals surface area contributed by atoms with E-state index in [-0.39, 0.29) is 0 Å². The van der Waals surface area contributed by atoms with Gasteiger partial charge in [-0.05, 0) is 103 Å². The molecule has 5 heterocycles. The lowest BCUT2D eigenvalue weighted by Gasteiger charge is -2.14. The molecule has 5 aromatic heterocycles. The van der Waals surface area contributed by atoms with E-state index in [0.717, 1.165) is 61.6 Å². The second kappa shape index (κ2) is 14.5. The Morgan fingerprint density at radius 3 is 1.48 bits per heavy atom. The lowest BCUT2D eigenvalue weighted by atomic mass is 9.90. The van der Waals surface area contributed by atoms with Crippen LogP contribution in [0.4, 0.5) is 0 Å². The van der Waals surface area contributed by atoms with Crippen molar-refractivity contribution in [3.8, 4) is 66.7 Å². The number of hydrogen-bond acceptors (Lipinski definition) is 5. The molecule has 0 saturated carbocycles. The molecular weight excluding hydrogens is 761 g/mol. The molecule has 7 aromatic carbocycles. The molecule has 12 rings (SSSR count). The monoisotopic (exact) mass is 794 g/mol. The number of benzene rings is 7. The number of thiophene rings is 1. The first-order valence-electron chi connectivity index (χ1n) is 20.5. The fraction of sp³-hybridized carbons (Fsp3) is 0. The molecule has 0 spiro atoms. The van der Waals surface area contributed by atoms with Gasteiger partial charge in [-0.2, -0.15) is 0 Å². The minimum absolute atomic E-state index is 0.805.